The molecule has 4 aromatic rings. The number of benzene rings is 2. The van der Waals surface area contributed by atoms with Crippen molar-refractivity contribution < 1.29 is 9.53 Å². The minimum Gasteiger partial charge on any atom is -0.494 e. The predicted molar refractivity (Wildman–Crippen MR) is 124 cm³/mol. The summed E-state index contributed by atoms with van der Waals surface area (Å²) in [7, 11) is 0. The van der Waals surface area contributed by atoms with E-state index < -0.39 is 0 Å². The molecule has 0 radical (unpaired) electrons. The normalized spacial score (nSPS) is 10.9. The van der Waals surface area contributed by atoms with Gasteiger partial charge in [0.1, 0.15) is 17.8 Å². The third-order valence-electron chi connectivity index (χ3n) is 5.17. The maximum absolute atomic E-state index is 12.9. The lowest BCUT2D eigenvalue weighted by Gasteiger charge is -2.07. The van der Waals surface area contributed by atoms with Crippen LogP contribution in [-0.2, 0) is 17.9 Å². The van der Waals surface area contributed by atoms with Crippen LogP contribution in [0.25, 0.3) is 16.8 Å². The quantitative estimate of drug-likeness (QED) is 0.411. The zero-order chi connectivity index (χ0) is 22.3. The zero-order valence-corrected chi connectivity index (χ0v) is 18.0. The molecule has 0 bridgehead atoms. The topological polar surface area (TPSA) is 77.6 Å². The monoisotopic (exact) mass is 430 g/mol. The summed E-state index contributed by atoms with van der Waals surface area (Å²) in [5.74, 6) is 0.591. The van der Waals surface area contributed by atoms with E-state index in [0.29, 0.717) is 24.4 Å². The van der Waals surface area contributed by atoms with Gasteiger partial charge in [-0.3, -0.25) is 9.59 Å². The van der Waals surface area contributed by atoms with Gasteiger partial charge >= 0.3 is 0 Å². The number of rotatable bonds is 9. The van der Waals surface area contributed by atoms with Crippen LogP contribution in [0.2, 0.25) is 0 Å². The van der Waals surface area contributed by atoms with E-state index in [1.165, 1.54) is 4.57 Å². The standard InChI is InChI=1S/C25H26N4O3/c1-2-3-15-32-21-11-9-20(10-12-21)22-16-23-25(31)28(13-14-29(23)27-22)18-24(30)26-17-19-7-5-4-6-8-19/h4-14,16H,2-3,15,17-18H2,1H3,(H,26,30). The highest BCUT2D eigenvalue weighted by atomic mass is 16.5. The van der Waals surface area contributed by atoms with Crippen molar-refractivity contribution in [2.75, 3.05) is 6.61 Å². The van der Waals surface area contributed by atoms with E-state index in [2.05, 4.69) is 17.3 Å². The smallest absolute Gasteiger partial charge is 0.277 e. The Labute approximate surface area is 186 Å². The third-order valence-corrected chi connectivity index (χ3v) is 5.17. The predicted octanol–water partition coefficient (Wildman–Crippen LogP) is 3.66. The highest BCUT2D eigenvalue weighted by molar-refractivity contribution is 5.76. The molecule has 0 unspecified atom stereocenters. The van der Waals surface area contributed by atoms with Crippen molar-refractivity contribution in [1.82, 2.24) is 19.5 Å². The van der Waals surface area contributed by atoms with Crippen LogP contribution < -0.4 is 15.6 Å². The lowest BCUT2D eigenvalue weighted by atomic mass is 10.1. The fraction of sp³-hybridized carbons (Fsp3) is 0.240. The van der Waals surface area contributed by atoms with Gasteiger partial charge in [0.05, 0.1) is 12.3 Å². The van der Waals surface area contributed by atoms with Gasteiger partial charge in [0.25, 0.3) is 5.56 Å². The van der Waals surface area contributed by atoms with Crippen LogP contribution in [0.3, 0.4) is 0 Å². The molecule has 0 aliphatic carbocycles. The van der Waals surface area contributed by atoms with Gasteiger partial charge in [-0.2, -0.15) is 5.10 Å². The number of amides is 1. The summed E-state index contributed by atoms with van der Waals surface area (Å²) < 4.78 is 8.64. The van der Waals surface area contributed by atoms with Crippen LogP contribution in [0.4, 0.5) is 0 Å². The number of carbonyl (C=O) groups excluding carboxylic acids is 1. The van der Waals surface area contributed by atoms with E-state index in [0.717, 1.165) is 29.7 Å². The molecule has 0 aliphatic rings. The minimum absolute atomic E-state index is 0.0491. The first kappa shape index (κ1) is 21.4. The highest BCUT2D eigenvalue weighted by Gasteiger charge is 2.11. The molecule has 0 saturated heterocycles. The Morgan fingerprint density at radius 3 is 2.59 bits per heavy atom. The summed E-state index contributed by atoms with van der Waals surface area (Å²) in [6.45, 7) is 3.20. The lowest BCUT2D eigenvalue weighted by molar-refractivity contribution is -0.121. The van der Waals surface area contributed by atoms with E-state index in [9.17, 15) is 9.59 Å². The number of carbonyl (C=O) groups is 1. The Morgan fingerprint density at radius 2 is 1.84 bits per heavy atom. The summed E-state index contributed by atoms with van der Waals surface area (Å²) in [6.07, 6.45) is 5.38. The van der Waals surface area contributed by atoms with Gasteiger partial charge in [0.2, 0.25) is 5.91 Å². The van der Waals surface area contributed by atoms with Gasteiger partial charge < -0.3 is 14.6 Å². The van der Waals surface area contributed by atoms with Gasteiger partial charge in [-0.15, -0.1) is 0 Å². The van der Waals surface area contributed by atoms with Gasteiger partial charge in [0, 0.05) is 24.5 Å². The summed E-state index contributed by atoms with van der Waals surface area (Å²) in [6, 6.07) is 19.1. The van der Waals surface area contributed by atoms with Crippen LogP contribution in [0, 0.1) is 0 Å². The molecule has 164 valence electrons. The summed E-state index contributed by atoms with van der Waals surface area (Å²) in [5.41, 5.74) is 2.74. The van der Waals surface area contributed by atoms with Crippen molar-refractivity contribution >= 4 is 11.4 Å². The minimum atomic E-state index is -0.263. The fourth-order valence-electron chi connectivity index (χ4n) is 3.36. The van der Waals surface area contributed by atoms with Crippen LogP contribution in [-0.4, -0.2) is 26.7 Å². The number of hydrogen-bond donors (Lipinski definition) is 1. The summed E-state index contributed by atoms with van der Waals surface area (Å²) in [4.78, 5) is 25.2. The molecule has 1 amide bonds. The van der Waals surface area contributed by atoms with Gasteiger partial charge in [0.15, 0.2) is 0 Å². The van der Waals surface area contributed by atoms with Crippen molar-refractivity contribution in [3.8, 4) is 17.0 Å². The first-order valence-corrected chi connectivity index (χ1v) is 10.8. The maximum Gasteiger partial charge on any atom is 0.277 e. The van der Waals surface area contributed by atoms with E-state index in [1.54, 1.807) is 23.0 Å². The second-order valence-electron chi connectivity index (χ2n) is 7.58. The number of fused-ring (bicyclic) bond motifs is 1. The molecule has 0 spiro atoms. The molecular formula is C25H26N4O3. The highest BCUT2D eigenvalue weighted by Crippen LogP contribution is 2.22. The third kappa shape index (κ3) is 5.06. The number of nitrogens with one attached hydrogen (secondary N) is 1. The molecule has 0 aliphatic heterocycles. The number of ether oxygens (including phenoxy) is 1. The molecule has 0 atom stereocenters. The van der Waals surface area contributed by atoms with Crippen LogP contribution in [0.1, 0.15) is 25.3 Å². The molecule has 0 fully saturated rings. The van der Waals surface area contributed by atoms with Gasteiger partial charge in [-0.05, 0) is 42.3 Å². The molecule has 2 aromatic carbocycles. The number of aromatic nitrogens is 3. The fourth-order valence-corrected chi connectivity index (χ4v) is 3.36. The van der Waals surface area contributed by atoms with E-state index in [4.69, 9.17) is 4.74 Å². The summed E-state index contributed by atoms with van der Waals surface area (Å²) in [5, 5.41) is 7.35. The van der Waals surface area contributed by atoms with Gasteiger partial charge in [-0.25, -0.2) is 4.52 Å². The zero-order valence-electron chi connectivity index (χ0n) is 18.0. The molecule has 2 heterocycles. The molecular weight excluding hydrogens is 404 g/mol. The van der Waals surface area contributed by atoms with E-state index >= 15 is 0 Å². The van der Waals surface area contributed by atoms with Crippen LogP contribution in [0.5, 0.6) is 5.75 Å². The lowest BCUT2D eigenvalue weighted by Crippen LogP contribution is -2.32. The SMILES string of the molecule is CCCCOc1ccc(-c2cc3c(=O)n(CC(=O)NCc4ccccc4)ccn3n2)cc1. The largest absolute Gasteiger partial charge is 0.494 e. The average molecular weight is 431 g/mol. The molecule has 4 rings (SSSR count). The number of hydrogen-bond acceptors (Lipinski definition) is 4. The molecule has 0 saturated carbocycles. The van der Waals surface area contributed by atoms with Crippen molar-refractivity contribution in [2.45, 2.75) is 32.9 Å². The Morgan fingerprint density at radius 1 is 1.06 bits per heavy atom. The molecule has 1 N–H and O–H groups in total. The van der Waals surface area contributed by atoms with Crippen LogP contribution in [0.15, 0.2) is 77.9 Å². The summed E-state index contributed by atoms with van der Waals surface area (Å²) >= 11 is 0. The molecule has 2 aromatic heterocycles. The molecule has 32 heavy (non-hydrogen) atoms. The first-order valence-electron chi connectivity index (χ1n) is 10.8. The van der Waals surface area contributed by atoms with Crippen molar-refractivity contribution in [3.05, 3.63) is 89.0 Å². The van der Waals surface area contributed by atoms with Crippen molar-refractivity contribution in [3.63, 3.8) is 0 Å². The van der Waals surface area contributed by atoms with Gasteiger partial charge in [-0.1, -0.05) is 43.7 Å². The second-order valence-corrected chi connectivity index (χ2v) is 7.58. The number of unbranched alkanes of at least 4 members (excludes halogenated alkanes) is 1. The van der Waals surface area contributed by atoms with Crippen LogP contribution >= 0.6 is 0 Å². The average Bonchev–Trinajstić information content (AvgIpc) is 3.26. The Kier molecular flexibility index (Phi) is 6.65. The molecule has 7 heteroatoms. The van der Waals surface area contributed by atoms with E-state index in [1.807, 2.05) is 54.6 Å². The Hall–Kier alpha value is -3.87. The van der Waals surface area contributed by atoms with Crippen molar-refractivity contribution in [1.29, 1.82) is 0 Å². The van der Waals surface area contributed by atoms with E-state index in [-0.39, 0.29) is 18.0 Å². The molecule has 7 nitrogen and oxygen atoms in total. The second kappa shape index (κ2) is 9.96. The maximum atomic E-state index is 12.9. The van der Waals surface area contributed by atoms with Crippen molar-refractivity contribution in [2.24, 2.45) is 0 Å². The Bertz CT molecular complexity index is 1240. The first-order chi connectivity index (χ1) is 15.6. The Balaban J connectivity index is 1.46. The number of nitrogens with zero attached hydrogens (tertiary/aromatic N) is 3.